The molecular weight excluding hydrogens is 397 g/mol. The first-order valence-electron chi connectivity index (χ1n) is 9.85. The molecule has 28 heavy (non-hydrogen) atoms. The van der Waals surface area contributed by atoms with Crippen molar-refractivity contribution in [3.8, 4) is 0 Å². The van der Waals surface area contributed by atoms with E-state index < -0.39 is 5.92 Å². The van der Waals surface area contributed by atoms with E-state index in [-0.39, 0.29) is 17.9 Å². The predicted molar refractivity (Wildman–Crippen MR) is 109 cm³/mol. The molecule has 4 nitrogen and oxygen atoms in total. The molecule has 6 heteroatoms. The molecule has 0 bridgehead atoms. The molecule has 0 amide bonds. The number of halogens is 2. The summed E-state index contributed by atoms with van der Waals surface area (Å²) in [4.78, 5) is 26.1. The average molecular weight is 420 g/mol. The summed E-state index contributed by atoms with van der Waals surface area (Å²) in [6, 6.07) is 5.21. The topological polar surface area (TPSA) is 55.4 Å². The zero-order valence-corrected chi connectivity index (χ0v) is 17.3. The number of benzene rings is 1. The molecule has 1 N–H and O–H groups in total. The van der Waals surface area contributed by atoms with Crippen molar-refractivity contribution < 1.29 is 14.3 Å². The van der Waals surface area contributed by atoms with Crippen molar-refractivity contribution in [2.24, 2.45) is 0 Å². The predicted octanol–water partition coefficient (Wildman–Crippen LogP) is 5.45. The highest BCUT2D eigenvalue weighted by molar-refractivity contribution is 6.35. The maximum absolute atomic E-state index is 13.2. The van der Waals surface area contributed by atoms with Gasteiger partial charge in [0.15, 0.2) is 5.78 Å². The van der Waals surface area contributed by atoms with E-state index in [0.717, 1.165) is 49.9 Å². The molecule has 1 aliphatic heterocycles. The van der Waals surface area contributed by atoms with Crippen LogP contribution >= 0.6 is 23.2 Å². The first-order valence-corrected chi connectivity index (χ1v) is 10.6. The lowest BCUT2D eigenvalue weighted by molar-refractivity contribution is -0.144. The molecule has 3 aliphatic rings. The number of ketones is 1. The SMILES string of the molecule is CC1=C(C(=O)OC2CCCC2)C(c2ccc(Cl)cc2Cl)C2=C(CCCC2=O)N1. The fraction of sp³-hybridized carbons (Fsp3) is 0.455. The van der Waals surface area contributed by atoms with E-state index >= 15 is 0 Å². The maximum Gasteiger partial charge on any atom is 0.337 e. The summed E-state index contributed by atoms with van der Waals surface area (Å²) in [6.07, 6.45) is 5.96. The van der Waals surface area contributed by atoms with Gasteiger partial charge in [-0.15, -0.1) is 0 Å². The normalized spacial score (nSPS) is 23.0. The molecule has 0 radical (unpaired) electrons. The summed E-state index contributed by atoms with van der Waals surface area (Å²) in [6.45, 7) is 1.87. The van der Waals surface area contributed by atoms with Gasteiger partial charge in [0.25, 0.3) is 0 Å². The smallest absolute Gasteiger partial charge is 0.337 e. The van der Waals surface area contributed by atoms with E-state index in [1.54, 1.807) is 12.1 Å². The molecule has 1 atom stereocenters. The molecule has 4 rings (SSSR count). The fourth-order valence-electron chi connectivity index (χ4n) is 4.52. The summed E-state index contributed by atoms with van der Waals surface area (Å²) >= 11 is 12.6. The van der Waals surface area contributed by atoms with Gasteiger partial charge in [-0.1, -0.05) is 29.3 Å². The number of dihydropyridines is 1. The molecule has 2 aliphatic carbocycles. The van der Waals surface area contributed by atoms with Crippen LogP contribution in [0.5, 0.6) is 0 Å². The number of ether oxygens (including phenoxy) is 1. The van der Waals surface area contributed by atoms with E-state index in [1.165, 1.54) is 0 Å². The van der Waals surface area contributed by atoms with E-state index in [2.05, 4.69) is 5.32 Å². The van der Waals surface area contributed by atoms with E-state index in [9.17, 15) is 9.59 Å². The molecule has 1 aromatic carbocycles. The molecule has 1 unspecified atom stereocenters. The van der Waals surface area contributed by atoms with Crippen LogP contribution in [0.2, 0.25) is 10.0 Å². The summed E-state index contributed by atoms with van der Waals surface area (Å²) in [7, 11) is 0. The van der Waals surface area contributed by atoms with Gasteiger partial charge < -0.3 is 10.1 Å². The van der Waals surface area contributed by atoms with Crippen LogP contribution in [0.15, 0.2) is 40.7 Å². The van der Waals surface area contributed by atoms with Crippen molar-refractivity contribution in [2.75, 3.05) is 0 Å². The maximum atomic E-state index is 13.2. The second kappa shape index (κ2) is 7.92. The summed E-state index contributed by atoms with van der Waals surface area (Å²) in [5.74, 6) is -0.830. The minimum absolute atomic E-state index is 0.0495. The number of carbonyl (C=O) groups is 2. The van der Waals surface area contributed by atoms with Crippen LogP contribution in [0, 0.1) is 0 Å². The van der Waals surface area contributed by atoms with Gasteiger partial charge in [-0.25, -0.2) is 4.79 Å². The van der Waals surface area contributed by atoms with Crippen molar-refractivity contribution in [3.63, 3.8) is 0 Å². The largest absolute Gasteiger partial charge is 0.459 e. The molecule has 0 aromatic heterocycles. The van der Waals surface area contributed by atoms with Gasteiger partial charge in [-0.3, -0.25) is 4.79 Å². The molecular formula is C22H23Cl2NO3. The standard InChI is InChI=1S/C22H23Cl2NO3/c1-12-19(22(27)28-14-5-2-3-6-14)20(15-10-9-13(23)11-16(15)24)21-17(25-12)7-4-8-18(21)26/h9-11,14,20,25H,2-8H2,1H3. The highest BCUT2D eigenvalue weighted by Gasteiger charge is 2.40. The number of hydrogen-bond acceptors (Lipinski definition) is 4. The lowest BCUT2D eigenvalue weighted by Gasteiger charge is -2.34. The van der Waals surface area contributed by atoms with Gasteiger partial charge in [-0.2, -0.15) is 0 Å². The third-order valence-corrected chi connectivity index (χ3v) is 6.41. The van der Waals surface area contributed by atoms with Crippen LogP contribution in [0.4, 0.5) is 0 Å². The van der Waals surface area contributed by atoms with Crippen molar-refractivity contribution in [3.05, 3.63) is 56.3 Å². The highest BCUT2D eigenvalue weighted by atomic mass is 35.5. The molecule has 0 spiro atoms. The van der Waals surface area contributed by atoms with E-state index in [4.69, 9.17) is 27.9 Å². The number of Topliss-reactive ketones (excluding diaryl/α,β-unsaturated/α-hetero) is 1. The minimum Gasteiger partial charge on any atom is -0.459 e. The van der Waals surface area contributed by atoms with Crippen LogP contribution in [-0.4, -0.2) is 17.9 Å². The van der Waals surface area contributed by atoms with Gasteiger partial charge in [-0.05, 0) is 63.1 Å². The Morgan fingerprint density at radius 1 is 1.14 bits per heavy atom. The van der Waals surface area contributed by atoms with Crippen LogP contribution in [0.1, 0.15) is 63.4 Å². The zero-order chi connectivity index (χ0) is 19.8. The Kier molecular flexibility index (Phi) is 5.52. The lowest BCUT2D eigenvalue weighted by Crippen LogP contribution is -2.35. The Balaban J connectivity index is 1.80. The zero-order valence-electron chi connectivity index (χ0n) is 15.8. The first kappa shape index (κ1) is 19.5. The Morgan fingerprint density at radius 2 is 1.89 bits per heavy atom. The second-order valence-corrected chi connectivity index (χ2v) is 8.59. The Bertz CT molecular complexity index is 897. The van der Waals surface area contributed by atoms with Gasteiger partial charge in [0.2, 0.25) is 0 Å². The van der Waals surface area contributed by atoms with Gasteiger partial charge in [0.1, 0.15) is 6.10 Å². The van der Waals surface area contributed by atoms with Crippen molar-refractivity contribution in [2.45, 2.75) is 63.9 Å². The van der Waals surface area contributed by atoms with Gasteiger partial charge >= 0.3 is 5.97 Å². The van der Waals surface area contributed by atoms with E-state index in [1.807, 2.05) is 13.0 Å². The van der Waals surface area contributed by atoms with Crippen LogP contribution < -0.4 is 5.32 Å². The Labute approximate surface area is 174 Å². The Morgan fingerprint density at radius 3 is 2.61 bits per heavy atom. The molecule has 1 saturated carbocycles. The molecule has 0 saturated heterocycles. The van der Waals surface area contributed by atoms with Gasteiger partial charge in [0, 0.05) is 39.4 Å². The van der Waals surface area contributed by atoms with Crippen molar-refractivity contribution in [1.82, 2.24) is 5.32 Å². The fourth-order valence-corrected chi connectivity index (χ4v) is 5.04. The number of allylic oxidation sites excluding steroid dienone is 3. The molecule has 1 aromatic rings. The van der Waals surface area contributed by atoms with Crippen LogP contribution in [-0.2, 0) is 14.3 Å². The number of carbonyl (C=O) groups excluding carboxylic acids is 2. The van der Waals surface area contributed by atoms with E-state index in [0.29, 0.717) is 33.2 Å². The lowest BCUT2D eigenvalue weighted by atomic mass is 9.75. The molecule has 1 heterocycles. The van der Waals surface area contributed by atoms with Crippen molar-refractivity contribution >= 4 is 35.0 Å². The molecule has 1 fully saturated rings. The van der Waals surface area contributed by atoms with Gasteiger partial charge in [0.05, 0.1) is 5.57 Å². The molecule has 148 valence electrons. The number of nitrogens with one attached hydrogen (secondary N) is 1. The van der Waals surface area contributed by atoms with Crippen LogP contribution in [0.25, 0.3) is 0 Å². The number of rotatable bonds is 3. The second-order valence-electron chi connectivity index (χ2n) is 7.74. The number of esters is 1. The quantitative estimate of drug-likeness (QED) is 0.661. The first-order chi connectivity index (χ1) is 13.5. The summed E-state index contributed by atoms with van der Waals surface area (Å²) in [5.41, 5.74) is 3.45. The third kappa shape index (κ3) is 3.60. The Hall–Kier alpha value is -1.78. The highest BCUT2D eigenvalue weighted by Crippen LogP contribution is 2.45. The van der Waals surface area contributed by atoms with Crippen molar-refractivity contribution in [1.29, 1.82) is 0 Å². The third-order valence-electron chi connectivity index (χ3n) is 5.85. The summed E-state index contributed by atoms with van der Waals surface area (Å²) < 4.78 is 5.81. The minimum atomic E-state index is -0.525. The van der Waals surface area contributed by atoms with Crippen LogP contribution in [0.3, 0.4) is 0 Å². The number of hydrogen-bond donors (Lipinski definition) is 1. The monoisotopic (exact) mass is 419 g/mol. The summed E-state index contributed by atoms with van der Waals surface area (Å²) in [5, 5.41) is 4.27. The average Bonchev–Trinajstić information content (AvgIpc) is 3.14.